The van der Waals surface area contributed by atoms with Gasteiger partial charge in [-0.15, -0.1) is 0 Å². The molecule has 1 aliphatic rings. The van der Waals surface area contributed by atoms with Gasteiger partial charge in [-0.2, -0.15) is 55.6 Å². The Kier molecular flexibility index (Phi) is 12.1. The number of hydrogen-bond acceptors (Lipinski definition) is 1. The zero-order valence-corrected chi connectivity index (χ0v) is 21.1. The Morgan fingerprint density at radius 3 is 1.04 bits per heavy atom. The Hall–Kier alpha value is 0.179. The second-order valence-corrected chi connectivity index (χ2v) is 8.07. The summed E-state index contributed by atoms with van der Waals surface area (Å²) in [5.74, 6) is 0. The van der Waals surface area contributed by atoms with E-state index in [1.165, 1.54) is 68.5 Å². The molecule has 0 radical (unpaired) electrons. The summed E-state index contributed by atoms with van der Waals surface area (Å²) in [4.78, 5) is 0. The van der Waals surface area contributed by atoms with Crippen LogP contribution in [0.1, 0.15) is 75.4 Å². The van der Waals surface area contributed by atoms with Crippen LogP contribution in [0.15, 0.2) is 0 Å². The quantitative estimate of drug-likeness (QED) is 0.332. The van der Waals surface area contributed by atoms with Gasteiger partial charge >= 0.3 is 46.9 Å². The Labute approximate surface area is 207 Å². The summed E-state index contributed by atoms with van der Waals surface area (Å²) in [5, 5.41) is 0. The van der Waals surface area contributed by atoms with Crippen LogP contribution in [-0.4, -0.2) is 12.7 Å². The van der Waals surface area contributed by atoms with E-state index in [9.17, 15) is 0 Å². The summed E-state index contributed by atoms with van der Waals surface area (Å²) in [6.07, 6.45) is 3.08. The predicted molar refractivity (Wildman–Crippen MR) is 116 cm³/mol. The molecule has 160 valence electrons. The first-order valence-corrected chi connectivity index (χ1v) is 10.0. The molecule has 0 aromatic heterocycles. The Morgan fingerprint density at radius 1 is 0.667 bits per heavy atom. The van der Waals surface area contributed by atoms with Gasteiger partial charge in [-0.3, -0.25) is 0 Å². The molecule has 0 amide bonds. The van der Waals surface area contributed by atoms with Crippen molar-refractivity contribution >= 4 is 0 Å². The number of hydrogen-bond donors (Lipinski definition) is 0. The standard InChI is InChI=1S/2C10H15.C5H10O.Yb/c2*1-6-7(2)9(4)10(5)8(6)3;1-5-3-2-4-6-5;/h2*1-5H3;5H,2-4H2,1H3;/q2*-1;;+2. The van der Waals surface area contributed by atoms with Crippen LogP contribution < -0.4 is 0 Å². The zero-order chi connectivity index (χ0) is 20.2. The van der Waals surface area contributed by atoms with Gasteiger partial charge in [0.15, 0.2) is 0 Å². The first-order valence-electron chi connectivity index (χ1n) is 10.0. The Morgan fingerprint density at radius 2 is 0.963 bits per heavy atom. The van der Waals surface area contributed by atoms with Gasteiger partial charge in [0.1, 0.15) is 0 Å². The van der Waals surface area contributed by atoms with Gasteiger partial charge in [0, 0.05) is 6.61 Å². The van der Waals surface area contributed by atoms with E-state index >= 15 is 0 Å². The van der Waals surface area contributed by atoms with E-state index < -0.39 is 0 Å². The summed E-state index contributed by atoms with van der Waals surface area (Å²) in [6, 6.07) is 0. The molecule has 1 fully saturated rings. The summed E-state index contributed by atoms with van der Waals surface area (Å²) in [5.41, 5.74) is 14.7. The molecule has 0 N–H and O–H groups in total. The van der Waals surface area contributed by atoms with Crippen LogP contribution >= 0.6 is 0 Å². The average Bonchev–Trinajstić information content (AvgIpc) is 3.22. The fraction of sp³-hybridized carbons (Fsp3) is 0.600. The minimum atomic E-state index is 0. The minimum absolute atomic E-state index is 0. The third-order valence-electron chi connectivity index (χ3n) is 6.78. The van der Waals surface area contributed by atoms with Crippen molar-refractivity contribution in [3.63, 3.8) is 0 Å². The fourth-order valence-corrected chi connectivity index (χ4v) is 3.55. The van der Waals surface area contributed by atoms with E-state index in [1.54, 1.807) is 0 Å². The van der Waals surface area contributed by atoms with Crippen molar-refractivity contribution in [2.24, 2.45) is 0 Å². The molecule has 1 aliphatic heterocycles. The van der Waals surface area contributed by atoms with Crippen LogP contribution in [0.2, 0.25) is 0 Å². The van der Waals surface area contributed by atoms with Crippen LogP contribution in [0.4, 0.5) is 0 Å². The molecule has 2 aromatic carbocycles. The fourth-order valence-electron chi connectivity index (χ4n) is 3.55. The molecule has 0 saturated carbocycles. The van der Waals surface area contributed by atoms with E-state index in [0.29, 0.717) is 6.10 Å². The van der Waals surface area contributed by atoms with Gasteiger partial charge in [-0.25, -0.2) is 0 Å². The molecular weight excluding hydrogens is 489 g/mol. The van der Waals surface area contributed by atoms with Crippen molar-refractivity contribution in [3.05, 3.63) is 55.6 Å². The Bertz CT molecular complexity index is 508. The van der Waals surface area contributed by atoms with E-state index in [1.807, 2.05) is 0 Å². The second kappa shape index (κ2) is 12.0. The van der Waals surface area contributed by atoms with Crippen molar-refractivity contribution in [1.82, 2.24) is 0 Å². The molecule has 0 aliphatic carbocycles. The second-order valence-electron chi connectivity index (χ2n) is 8.07. The van der Waals surface area contributed by atoms with Crippen molar-refractivity contribution in [2.75, 3.05) is 6.61 Å². The van der Waals surface area contributed by atoms with E-state index in [0.717, 1.165) is 6.61 Å². The first kappa shape index (κ1) is 27.2. The molecule has 0 bridgehead atoms. The molecule has 2 aromatic rings. The molecule has 3 rings (SSSR count). The van der Waals surface area contributed by atoms with Crippen molar-refractivity contribution in [1.29, 1.82) is 0 Å². The summed E-state index contributed by atoms with van der Waals surface area (Å²) >= 11 is 0. The maximum atomic E-state index is 5.15. The summed E-state index contributed by atoms with van der Waals surface area (Å²) < 4.78 is 5.15. The van der Waals surface area contributed by atoms with E-state index in [-0.39, 0.29) is 46.9 Å². The molecule has 1 unspecified atom stereocenters. The van der Waals surface area contributed by atoms with Crippen molar-refractivity contribution in [3.8, 4) is 0 Å². The third-order valence-corrected chi connectivity index (χ3v) is 6.78. The van der Waals surface area contributed by atoms with Crippen LogP contribution in [-0.2, 0) is 4.74 Å². The first-order chi connectivity index (χ1) is 12.0. The van der Waals surface area contributed by atoms with Gasteiger partial charge in [-0.05, 0) is 19.8 Å². The average molecular weight is 530 g/mol. The normalized spacial score (nSPS) is 15.4. The van der Waals surface area contributed by atoms with Crippen LogP contribution in [0.25, 0.3) is 0 Å². The van der Waals surface area contributed by atoms with Crippen LogP contribution in [0.3, 0.4) is 0 Å². The molecule has 1 nitrogen and oxygen atoms in total. The topological polar surface area (TPSA) is 9.23 Å². The van der Waals surface area contributed by atoms with Crippen LogP contribution in [0.5, 0.6) is 0 Å². The zero-order valence-electron chi connectivity index (χ0n) is 19.4. The Balaban J connectivity index is 0.000000380. The SMILES string of the molecule is CC1CCCO1.Cc1c(C)c(C)[c-](C)c1C.Cc1c(C)c(C)[c-](C)c1C.[Yb+2]. The molecule has 0 spiro atoms. The van der Waals surface area contributed by atoms with E-state index in [4.69, 9.17) is 4.74 Å². The predicted octanol–water partition coefficient (Wildman–Crippen LogP) is 7.08. The molecule has 2 heteroatoms. The van der Waals surface area contributed by atoms with Gasteiger partial charge in [-0.1, -0.05) is 69.2 Å². The van der Waals surface area contributed by atoms with Crippen molar-refractivity contribution < 1.29 is 51.7 Å². The molecule has 1 saturated heterocycles. The summed E-state index contributed by atoms with van der Waals surface area (Å²) in [7, 11) is 0. The third kappa shape index (κ3) is 6.88. The van der Waals surface area contributed by atoms with Gasteiger partial charge in [0.05, 0.1) is 6.10 Å². The number of ether oxygens (including phenoxy) is 1. The van der Waals surface area contributed by atoms with Crippen molar-refractivity contribution in [2.45, 2.75) is 95.1 Å². The molecule has 1 atom stereocenters. The smallest absolute Gasteiger partial charge is 0.379 e. The number of rotatable bonds is 0. The monoisotopic (exact) mass is 530 g/mol. The van der Waals surface area contributed by atoms with Gasteiger partial charge in [0.25, 0.3) is 0 Å². The maximum Gasteiger partial charge on any atom is 2.00 e. The molecule has 1 heterocycles. The van der Waals surface area contributed by atoms with Gasteiger partial charge in [0.2, 0.25) is 0 Å². The van der Waals surface area contributed by atoms with Crippen LogP contribution in [0, 0.1) is 116 Å². The largest absolute Gasteiger partial charge is 2.00 e. The van der Waals surface area contributed by atoms with E-state index in [2.05, 4.69) is 76.2 Å². The molecular formula is C25H40OYb. The summed E-state index contributed by atoms with van der Waals surface area (Å²) in [6.45, 7) is 25.1. The van der Waals surface area contributed by atoms with Gasteiger partial charge < -0.3 is 4.74 Å². The minimum Gasteiger partial charge on any atom is -0.379 e. The maximum absolute atomic E-state index is 5.15. The molecule has 27 heavy (non-hydrogen) atoms.